The maximum atomic E-state index is 12.4. The molecule has 2 aromatic carbocycles. The first kappa shape index (κ1) is 14.6. The van der Waals surface area contributed by atoms with Gasteiger partial charge in [0.15, 0.2) is 0 Å². The maximum absolute atomic E-state index is 12.4. The van der Waals surface area contributed by atoms with Gasteiger partial charge in [0.25, 0.3) is 11.8 Å². The second-order valence-corrected chi connectivity index (χ2v) is 4.90. The van der Waals surface area contributed by atoms with E-state index < -0.39 is 11.8 Å². The van der Waals surface area contributed by atoms with Gasteiger partial charge in [-0.1, -0.05) is 18.2 Å². The van der Waals surface area contributed by atoms with Crippen molar-refractivity contribution in [2.45, 2.75) is 0 Å². The Kier molecular flexibility index (Phi) is 3.72. The second kappa shape index (κ2) is 5.84. The first-order chi connectivity index (χ1) is 11.1. The minimum absolute atomic E-state index is 0.0469. The fourth-order valence-corrected chi connectivity index (χ4v) is 2.24. The Labute approximate surface area is 132 Å². The molecular weight excluding hydrogens is 296 g/mol. The number of hydrazine groups is 1. The number of benzene rings is 2. The van der Waals surface area contributed by atoms with Crippen LogP contribution in [0.25, 0.3) is 6.08 Å². The highest BCUT2D eigenvalue weighted by atomic mass is 16.5. The molecule has 0 saturated carbocycles. The lowest BCUT2D eigenvalue weighted by atomic mass is 10.1. The third kappa shape index (κ3) is 2.74. The molecule has 3 rings (SSSR count). The predicted octanol–water partition coefficient (Wildman–Crippen LogP) is 1.86. The number of rotatable bonds is 3. The van der Waals surface area contributed by atoms with Gasteiger partial charge in [0.2, 0.25) is 0 Å². The fraction of sp³-hybridized carbons (Fsp3) is 0.0588. The Hall–Kier alpha value is -3.28. The zero-order valence-corrected chi connectivity index (χ0v) is 12.3. The number of methoxy groups -OCH3 is 1. The zero-order chi connectivity index (χ0) is 16.4. The normalized spacial score (nSPS) is 15.9. The van der Waals surface area contributed by atoms with Crippen molar-refractivity contribution in [3.05, 3.63) is 59.7 Å². The molecule has 0 atom stereocenters. The van der Waals surface area contributed by atoms with Crippen molar-refractivity contribution >= 4 is 23.6 Å². The van der Waals surface area contributed by atoms with Crippen LogP contribution in [0.4, 0.5) is 5.69 Å². The summed E-state index contributed by atoms with van der Waals surface area (Å²) in [5.74, 6) is -0.584. The van der Waals surface area contributed by atoms with Crippen LogP contribution in [0.5, 0.6) is 11.5 Å². The highest BCUT2D eigenvalue weighted by Gasteiger charge is 2.34. The van der Waals surface area contributed by atoms with Crippen LogP contribution in [0, 0.1) is 0 Å². The van der Waals surface area contributed by atoms with E-state index in [1.165, 1.54) is 24.3 Å². The van der Waals surface area contributed by atoms with Gasteiger partial charge in [-0.05, 0) is 30.3 Å². The average Bonchev–Trinajstić information content (AvgIpc) is 2.85. The van der Waals surface area contributed by atoms with Crippen molar-refractivity contribution < 1.29 is 19.4 Å². The van der Waals surface area contributed by atoms with Crippen molar-refractivity contribution in [1.82, 2.24) is 5.43 Å². The number of hydrogen-bond acceptors (Lipinski definition) is 4. The van der Waals surface area contributed by atoms with Gasteiger partial charge in [0.05, 0.1) is 12.8 Å². The molecule has 23 heavy (non-hydrogen) atoms. The number of ether oxygens (including phenoxy) is 1. The Morgan fingerprint density at radius 2 is 1.87 bits per heavy atom. The average molecular weight is 310 g/mol. The minimum atomic E-state index is -0.519. The number of hydrogen-bond donors (Lipinski definition) is 2. The lowest BCUT2D eigenvalue weighted by Crippen LogP contribution is -2.35. The number of carbonyl (C=O) groups excluding carboxylic acids is 2. The summed E-state index contributed by atoms with van der Waals surface area (Å²) in [6, 6.07) is 13.4. The van der Waals surface area contributed by atoms with Gasteiger partial charge in [0.1, 0.15) is 17.1 Å². The molecule has 2 aromatic rings. The number of nitrogens with zero attached hydrogens (tertiary/aromatic N) is 1. The van der Waals surface area contributed by atoms with Gasteiger partial charge in [-0.3, -0.25) is 15.0 Å². The van der Waals surface area contributed by atoms with Crippen molar-refractivity contribution in [2.75, 3.05) is 12.1 Å². The molecule has 1 saturated heterocycles. The van der Waals surface area contributed by atoms with Crippen LogP contribution in [-0.4, -0.2) is 24.0 Å². The summed E-state index contributed by atoms with van der Waals surface area (Å²) in [6.07, 6.45) is 1.36. The van der Waals surface area contributed by atoms with E-state index in [0.29, 0.717) is 17.0 Å². The number of carbonyl (C=O) groups is 2. The van der Waals surface area contributed by atoms with Crippen LogP contribution in [0.2, 0.25) is 0 Å². The number of aromatic hydroxyl groups is 1. The number of amides is 2. The molecule has 0 unspecified atom stereocenters. The summed E-state index contributed by atoms with van der Waals surface area (Å²) in [5.41, 5.74) is 3.38. The number of para-hydroxylation sites is 1. The third-order valence-electron chi connectivity index (χ3n) is 3.44. The van der Waals surface area contributed by atoms with Gasteiger partial charge < -0.3 is 9.84 Å². The van der Waals surface area contributed by atoms with Gasteiger partial charge in [-0.25, -0.2) is 5.01 Å². The molecule has 1 aliphatic rings. The Bertz CT molecular complexity index is 799. The molecule has 6 heteroatoms. The predicted molar refractivity (Wildman–Crippen MR) is 84.7 cm³/mol. The maximum Gasteiger partial charge on any atom is 0.282 e. The van der Waals surface area contributed by atoms with Crippen molar-refractivity contribution in [3.63, 3.8) is 0 Å². The molecule has 0 aromatic heterocycles. The molecule has 6 nitrogen and oxygen atoms in total. The summed E-state index contributed by atoms with van der Waals surface area (Å²) in [7, 11) is 1.48. The number of phenolic OH excluding ortho intramolecular Hbond substituents is 1. The van der Waals surface area contributed by atoms with E-state index in [2.05, 4.69) is 5.43 Å². The molecule has 1 heterocycles. The number of nitrogens with one attached hydrogen (secondary N) is 1. The van der Waals surface area contributed by atoms with Gasteiger partial charge in [0, 0.05) is 11.6 Å². The summed E-state index contributed by atoms with van der Waals surface area (Å²) in [5, 5.41) is 11.1. The lowest BCUT2D eigenvalue weighted by Gasteiger charge is -2.13. The zero-order valence-electron chi connectivity index (χ0n) is 12.3. The van der Waals surface area contributed by atoms with Crippen LogP contribution >= 0.6 is 0 Å². The van der Waals surface area contributed by atoms with Crippen molar-refractivity contribution in [2.24, 2.45) is 0 Å². The largest absolute Gasteiger partial charge is 0.507 e. The van der Waals surface area contributed by atoms with E-state index in [1.54, 1.807) is 36.4 Å². The fourth-order valence-electron chi connectivity index (χ4n) is 2.24. The summed E-state index contributed by atoms with van der Waals surface area (Å²) >= 11 is 0. The SMILES string of the molecule is COc1ccc(/C=C2\C(=O)NN(c3ccccc3)C2=O)c(O)c1. The quantitative estimate of drug-likeness (QED) is 0.670. The van der Waals surface area contributed by atoms with Crippen LogP contribution in [0.15, 0.2) is 54.1 Å². The van der Waals surface area contributed by atoms with Crippen LogP contribution in [0.1, 0.15) is 5.56 Å². The van der Waals surface area contributed by atoms with E-state index in [9.17, 15) is 14.7 Å². The molecule has 2 amide bonds. The van der Waals surface area contributed by atoms with E-state index in [4.69, 9.17) is 4.74 Å². The standard InChI is InChI=1S/C17H14N2O4/c1-23-13-8-7-11(15(20)10-13)9-14-16(21)18-19(17(14)22)12-5-3-2-4-6-12/h2-10,20H,1H3,(H,18,21)/b14-9+. The second-order valence-electron chi connectivity index (χ2n) is 4.90. The van der Waals surface area contributed by atoms with Crippen LogP contribution in [-0.2, 0) is 9.59 Å². The molecule has 0 spiro atoms. The molecule has 0 radical (unpaired) electrons. The van der Waals surface area contributed by atoms with Gasteiger partial charge >= 0.3 is 0 Å². The molecular formula is C17H14N2O4. The molecule has 0 aliphatic carbocycles. The molecule has 1 aliphatic heterocycles. The van der Waals surface area contributed by atoms with Crippen molar-refractivity contribution in [1.29, 1.82) is 0 Å². The topological polar surface area (TPSA) is 78.9 Å². The van der Waals surface area contributed by atoms with Gasteiger partial charge in [-0.15, -0.1) is 0 Å². The third-order valence-corrected chi connectivity index (χ3v) is 3.44. The Morgan fingerprint density at radius 1 is 1.13 bits per heavy atom. The van der Waals surface area contributed by atoms with E-state index in [1.807, 2.05) is 6.07 Å². The summed E-state index contributed by atoms with van der Waals surface area (Å²) < 4.78 is 5.00. The molecule has 1 fully saturated rings. The highest BCUT2D eigenvalue weighted by molar-refractivity contribution is 6.31. The minimum Gasteiger partial charge on any atom is -0.507 e. The van der Waals surface area contributed by atoms with E-state index in [0.717, 1.165) is 0 Å². The smallest absolute Gasteiger partial charge is 0.282 e. The Balaban J connectivity index is 1.94. The Morgan fingerprint density at radius 3 is 2.52 bits per heavy atom. The summed E-state index contributed by atoms with van der Waals surface area (Å²) in [4.78, 5) is 24.5. The van der Waals surface area contributed by atoms with Crippen molar-refractivity contribution in [3.8, 4) is 11.5 Å². The van der Waals surface area contributed by atoms with Crippen LogP contribution < -0.4 is 15.2 Å². The molecule has 116 valence electrons. The van der Waals surface area contributed by atoms with Crippen LogP contribution in [0.3, 0.4) is 0 Å². The number of phenols is 1. The van der Waals surface area contributed by atoms with Gasteiger partial charge in [-0.2, -0.15) is 0 Å². The van der Waals surface area contributed by atoms with E-state index in [-0.39, 0.29) is 11.3 Å². The molecule has 0 bridgehead atoms. The first-order valence-electron chi connectivity index (χ1n) is 6.89. The summed E-state index contributed by atoms with van der Waals surface area (Å²) in [6.45, 7) is 0. The monoisotopic (exact) mass is 310 g/mol. The highest BCUT2D eigenvalue weighted by Crippen LogP contribution is 2.27. The first-order valence-corrected chi connectivity index (χ1v) is 6.89. The van der Waals surface area contributed by atoms with E-state index >= 15 is 0 Å². The molecule has 2 N–H and O–H groups in total. The number of anilines is 1. The lowest BCUT2D eigenvalue weighted by molar-refractivity contribution is -0.117.